The first-order valence-electron chi connectivity index (χ1n) is 10.1. The molecule has 1 fully saturated rings. The molecule has 3 N–H and O–H groups in total. The Morgan fingerprint density at radius 1 is 0.964 bits per heavy atom. The second kappa shape index (κ2) is 8.63. The standard InChI is InChI=1S/C22H27N3O3/c1-17-3-2-4-18(13-17)15-24-7-9-25(10-8-24)16-22(26)23-19-5-6-20-21(14-19)28-12-11-27-20/h2-6,13-14H,7-12,15-16H2,1H3,(H,23,26)/p+2. The SMILES string of the molecule is Cc1cccc(C[NH+]2CC[NH+](CC(=O)Nc3ccc4c(c3)OCCO4)CC2)c1. The minimum absolute atomic E-state index is 0.0498. The quantitative estimate of drug-likeness (QED) is 0.664. The van der Waals surface area contributed by atoms with Crippen molar-refractivity contribution in [1.82, 2.24) is 0 Å². The van der Waals surface area contributed by atoms with Crippen LogP contribution < -0.4 is 24.6 Å². The summed E-state index contributed by atoms with van der Waals surface area (Å²) in [6.45, 7) is 9.07. The van der Waals surface area contributed by atoms with Crippen molar-refractivity contribution in [1.29, 1.82) is 0 Å². The Kier molecular flexibility index (Phi) is 5.78. The molecule has 2 aromatic carbocycles. The summed E-state index contributed by atoms with van der Waals surface area (Å²) in [6, 6.07) is 14.3. The maximum absolute atomic E-state index is 12.4. The van der Waals surface area contributed by atoms with E-state index in [0.717, 1.165) is 44.2 Å². The number of benzene rings is 2. The fourth-order valence-electron chi connectivity index (χ4n) is 3.97. The van der Waals surface area contributed by atoms with Crippen LogP contribution in [0.4, 0.5) is 5.69 Å². The average Bonchev–Trinajstić information content (AvgIpc) is 2.69. The predicted octanol–water partition coefficient (Wildman–Crippen LogP) is -0.312. The number of hydrogen-bond acceptors (Lipinski definition) is 3. The highest BCUT2D eigenvalue weighted by atomic mass is 16.6. The fraction of sp³-hybridized carbons (Fsp3) is 0.409. The number of carbonyl (C=O) groups is 1. The van der Waals surface area contributed by atoms with Gasteiger partial charge in [0.2, 0.25) is 0 Å². The summed E-state index contributed by atoms with van der Waals surface area (Å²) < 4.78 is 11.1. The number of carbonyl (C=O) groups excluding carboxylic acids is 1. The molecule has 0 bridgehead atoms. The Morgan fingerprint density at radius 2 is 1.71 bits per heavy atom. The van der Waals surface area contributed by atoms with Crippen molar-refractivity contribution in [2.24, 2.45) is 0 Å². The molecular weight excluding hydrogens is 354 g/mol. The largest absolute Gasteiger partial charge is 0.486 e. The summed E-state index contributed by atoms with van der Waals surface area (Å²) >= 11 is 0. The van der Waals surface area contributed by atoms with Gasteiger partial charge in [0.15, 0.2) is 18.0 Å². The van der Waals surface area contributed by atoms with Gasteiger partial charge < -0.3 is 24.6 Å². The van der Waals surface area contributed by atoms with Gasteiger partial charge in [-0.1, -0.05) is 29.8 Å². The van der Waals surface area contributed by atoms with Crippen LogP contribution >= 0.6 is 0 Å². The molecule has 0 aliphatic carbocycles. The Hall–Kier alpha value is -2.57. The lowest BCUT2D eigenvalue weighted by molar-refractivity contribution is -1.02. The van der Waals surface area contributed by atoms with Crippen LogP contribution in [-0.4, -0.2) is 51.8 Å². The van der Waals surface area contributed by atoms with E-state index in [0.29, 0.717) is 25.5 Å². The van der Waals surface area contributed by atoms with Gasteiger partial charge in [0.05, 0.1) is 0 Å². The monoisotopic (exact) mass is 383 g/mol. The lowest BCUT2D eigenvalue weighted by Crippen LogP contribution is -3.28. The van der Waals surface area contributed by atoms with Crippen molar-refractivity contribution in [2.45, 2.75) is 13.5 Å². The molecule has 0 unspecified atom stereocenters. The molecule has 2 heterocycles. The van der Waals surface area contributed by atoms with E-state index in [9.17, 15) is 4.79 Å². The third kappa shape index (κ3) is 4.82. The molecule has 0 atom stereocenters. The van der Waals surface area contributed by atoms with E-state index in [2.05, 4.69) is 36.5 Å². The second-order valence-electron chi connectivity index (χ2n) is 7.75. The number of hydrogen-bond donors (Lipinski definition) is 3. The van der Waals surface area contributed by atoms with Gasteiger partial charge in [-0.2, -0.15) is 0 Å². The average molecular weight is 383 g/mol. The van der Waals surface area contributed by atoms with Gasteiger partial charge in [-0.3, -0.25) is 4.79 Å². The van der Waals surface area contributed by atoms with Crippen molar-refractivity contribution in [2.75, 3.05) is 51.3 Å². The van der Waals surface area contributed by atoms with Crippen molar-refractivity contribution in [3.63, 3.8) is 0 Å². The number of aryl methyl sites for hydroxylation is 1. The van der Waals surface area contributed by atoms with Gasteiger partial charge in [0.25, 0.3) is 5.91 Å². The first-order chi connectivity index (χ1) is 13.7. The van der Waals surface area contributed by atoms with Crippen LogP contribution in [0.25, 0.3) is 0 Å². The maximum atomic E-state index is 12.4. The minimum atomic E-state index is 0.0498. The summed E-state index contributed by atoms with van der Waals surface area (Å²) in [7, 11) is 0. The van der Waals surface area contributed by atoms with E-state index in [4.69, 9.17) is 9.47 Å². The number of anilines is 1. The Balaban J connectivity index is 1.24. The predicted molar refractivity (Wildman–Crippen MR) is 107 cm³/mol. The zero-order valence-corrected chi connectivity index (χ0v) is 16.4. The molecule has 2 aliphatic heterocycles. The van der Waals surface area contributed by atoms with Crippen LogP contribution in [0.3, 0.4) is 0 Å². The lowest BCUT2D eigenvalue weighted by atomic mass is 10.1. The van der Waals surface area contributed by atoms with Gasteiger partial charge in [-0.25, -0.2) is 0 Å². The van der Waals surface area contributed by atoms with Gasteiger partial charge in [-0.05, 0) is 19.1 Å². The third-order valence-corrected chi connectivity index (χ3v) is 5.44. The highest BCUT2D eigenvalue weighted by Crippen LogP contribution is 2.32. The third-order valence-electron chi connectivity index (χ3n) is 5.44. The molecule has 28 heavy (non-hydrogen) atoms. The van der Waals surface area contributed by atoms with Crippen molar-refractivity contribution < 1.29 is 24.1 Å². The van der Waals surface area contributed by atoms with Gasteiger partial charge in [-0.15, -0.1) is 0 Å². The van der Waals surface area contributed by atoms with Crippen LogP contribution in [0.2, 0.25) is 0 Å². The van der Waals surface area contributed by atoms with Crippen molar-refractivity contribution >= 4 is 11.6 Å². The highest BCUT2D eigenvalue weighted by Gasteiger charge is 2.25. The molecule has 0 saturated carbocycles. The Bertz CT molecular complexity index is 832. The summed E-state index contributed by atoms with van der Waals surface area (Å²) in [5, 5.41) is 2.99. The zero-order valence-electron chi connectivity index (χ0n) is 16.4. The van der Waals surface area contributed by atoms with Crippen LogP contribution in [0, 0.1) is 6.92 Å². The number of fused-ring (bicyclic) bond motifs is 1. The minimum Gasteiger partial charge on any atom is -0.486 e. The number of nitrogens with one attached hydrogen (secondary N) is 3. The second-order valence-corrected chi connectivity index (χ2v) is 7.75. The topological polar surface area (TPSA) is 56.4 Å². The molecule has 6 nitrogen and oxygen atoms in total. The zero-order chi connectivity index (χ0) is 19.3. The number of quaternary nitrogens is 2. The highest BCUT2D eigenvalue weighted by molar-refractivity contribution is 5.91. The molecule has 148 valence electrons. The van der Waals surface area contributed by atoms with Crippen LogP contribution in [0.1, 0.15) is 11.1 Å². The Morgan fingerprint density at radius 3 is 2.50 bits per heavy atom. The van der Waals surface area contributed by atoms with E-state index in [1.54, 1.807) is 4.90 Å². The number of ether oxygens (including phenoxy) is 2. The summed E-state index contributed by atoms with van der Waals surface area (Å²) in [5.41, 5.74) is 3.48. The van der Waals surface area contributed by atoms with E-state index < -0.39 is 0 Å². The number of amides is 1. The molecule has 4 rings (SSSR count). The van der Waals surface area contributed by atoms with Gasteiger partial charge in [0, 0.05) is 17.3 Å². The summed E-state index contributed by atoms with van der Waals surface area (Å²) in [5.74, 6) is 1.49. The molecule has 2 aromatic rings. The van der Waals surface area contributed by atoms with Gasteiger partial charge >= 0.3 is 0 Å². The molecule has 6 heteroatoms. The summed E-state index contributed by atoms with van der Waals surface area (Å²) in [6.07, 6.45) is 0. The lowest BCUT2D eigenvalue weighted by Gasteiger charge is -2.29. The van der Waals surface area contributed by atoms with E-state index in [1.807, 2.05) is 18.2 Å². The van der Waals surface area contributed by atoms with Crippen LogP contribution in [0.5, 0.6) is 11.5 Å². The van der Waals surface area contributed by atoms with Crippen LogP contribution in [-0.2, 0) is 11.3 Å². The maximum Gasteiger partial charge on any atom is 0.279 e. The summed E-state index contributed by atoms with van der Waals surface area (Å²) in [4.78, 5) is 15.4. The Labute approximate surface area is 166 Å². The van der Waals surface area contributed by atoms with E-state index >= 15 is 0 Å². The normalized spacial score (nSPS) is 21.2. The fourth-order valence-corrected chi connectivity index (χ4v) is 3.97. The first-order valence-corrected chi connectivity index (χ1v) is 10.1. The molecule has 0 aromatic heterocycles. The van der Waals surface area contributed by atoms with E-state index in [1.165, 1.54) is 16.0 Å². The molecule has 2 aliphatic rings. The molecule has 1 amide bonds. The van der Waals surface area contributed by atoms with Gasteiger partial charge in [0.1, 0.15) is 45.9 Å². The van der Waals surface area contributed by atoms with Crippen LogP contribution in [0.15, 0.2) is 42.5 Å². The smallest absolute Gasteiger partial charge is 0.279 e. The number of rotatable bonds is 5. The van der Waals surface area contributed by atoms with E-state index in [-0.39, 0.29) is 5.91 Å². The molecule has 0 spiro atoms. The first kappa shape index (κ1) is 18.8. The molecular formula is C22H29N3O3+2. The molecule has 1 saturated heterocycles. The number of piperazine rings is 1. The molecule has 0 radical (unpaired) electrons. The van der Waals surface area contributed by atoms with Crippen molar-refractivity contribution in [3.8, 4) is 11.5 Å². The van der Waals surface area contributed by atoms with Crippen molar-refractivity contribution in [3.05, 3.63) is 53.6 Å².